The van der Waals surface area contributed by atoms with E-state index in [9.17, 15) is 9.59 Å². The van der Waals surface area contributed by atoms with Gasteiger partial charge in [0, 0.05) is 38.2 Å². The van der Waals surface area contributed by atoms with Crippen LogP contribution in [0.2, 0.25) is 0 Å². The Bertz CT molecular complexity index is 1110. The highest BCUT2D eigenvalue weighted by atomic mass is 16.6. The summed E-state index contributed by atoms with van der Waals surface area (Å²) < 4.78 is 6.80. The van der Waals surface area contributed by atoms with Crippen LogP contribution in [0.25, 0.3) is 11.3 Å². The number of nitrogens with zero attached hydrogens (tertiary/aromatic N) is 3. The first-order valence-corrected chi connectivity index (χ1v) is 11.6. The van der Waals surface area contributed by atoms with E-state index in [-0.39, 0.29) is 30.4 Å². The van der Waals surface area contributed by atoms with E-state index in [1.807, 2.05) is 49.4 Å². The number of carbonyl (C=O) groups is 1. The molecule has 1 N–H and O–H groups in total. The minimum atomic E-state index is -0.305. The molecular weight excluding hydrogens is 430 g/mol. The second-order valence-corrected chi connectivity index (χ2v) is 8.49. The molecule has 180 valence electrons. The maximum Gasteiger partial charge on any atom is 0.410 e. The van der Waals surface area contributed by atoms with Gasteiger partial charge in [0.25, 0.3) is 5.56 Å². The standard InChI is InChI=1S/C20H25N3O4.C7H8/c1-14(23-12-11-17(4-3-13-24)27-20(23)26)15-5-7-16(8-6-15)18-9-10-19(25)22(2)21-18;1-7-5-3-2-4-6-7/h5-10,14,17,24H,3-4,11-13H2,1-2H3;2-6H,1H3. The molecule has 1 aromatic heterocycles. The van der Waals surface area contributed by atoms with Gasteiger partial charge in [0.15, 0.2) is 0 Å². The molecule has 34 heavy (non-hydrogen) atoms. The second-order valence-electron chi connectivity index (χ2n) is 8.49. The summed E-state index contributed by atoms with van der Waals surface area (Å²) in [6.07, 6.45) is 1.71. The number of carbonyl (C=O) groups excluding carboxylic acids is 1. The maximum absolute atomic E-state index is 12.3. The van der Waals surface area contributed by atoms with Crippen LogP contribution in [0.15, 0.2) is 71.5 Å². The topological polar surface area (TPSA) is 84.7 Å². The molecule has 0 saturated carbocycles. The lowest BCUT2D eigenvalue weighted by molar-refractivity contribution is 0.00760. The molecule has 2 heterocycles. The van der Waals surface area contributed by atoms with Gasteiger partial charge in [-0.15, -0.1) is 0 Å². The van der Waals surface area contributed by atoms with Gasteiger partial charge in [-0.1, -0.05) is 60.2 Å². The van der Waals surface area contributed by atoms with Crippen LogP contribution in [0.3, 0.4) is 0 Å². The third kappa shape index (κ3) is 6.78. The Balaban J connectivity index is 0.000000396. The van der Waals surface area contributed by atoms with Crippen LogP contribution in [0.4, 0.5) is 4.79 Å². The lowest BCUT2D eigenvalue weighted by Crippen LogP contribution is -2.43. The molecule has 1 aliphatic rings. The van der Waals surface area contributed by atoms with Crippen molar-refractivity contribution in [2.75, 3.05) is 13.2 Å². The second kappa shape index (κ2) is 12.1. The first-order chi connectivity index (χ1) is 16.4. The average molecular weight is 464 g/mol. The van der Waals surface area contributed by atoms with Gasteiger partial charge in [0.05, 0.1) is 11.7 Å². The van der Waals surface area contributed by atoms with E-state index in [2.05, 4.69) is 24.2 Å². The van der Waals surface area contributed by atoms with Crippen molar-refractivity contribution < 1.29 is 14.6 Å². The van der Waals surface area contributed by atoms with Crippen LogP contribution >= 0.6 is 0 Å². The van der Waals surface area contributed by atoms with E-state index in [4.69, 9.17) is 9.84 Å². The van der Waals surface area contributed by atoms with Crippen molar-refractivity contribution in [1.29, 1.82) is 0 Å². The molecule has 0 bridgehead atoms. The molecular formula is C27H33N3O4. The average Bonchev–Trinajstić information content (AvgIpc) is 2.85. The Morgan fingerprint density at radius 3 is 2.32 bits per heavy atom. The fraction of sp³-hybridized carbons (Fsp3) is 0.370. The van der Waals surface area contributed by atoms with Gasteiger partial charge >= 0.3 is 6.09 Å². The molecule has 0 spiro atoms. The van der Waals surface area contributed by atoms with Crippen LogP contribution in [0.1, 0.15) is 43.4 Å². The number of aliphatic hydroxyl groups excluding tert-OH is 1. The Morgan fingerprint density at radius 2 is 1.76 bits per heavy atom. The molecule has 1 aliphatic heterocycles. The third-order valence-electron chi connectivity index (χ3n) is 5.94. The molecule has 1 amide bonds. The van der Waals surface area contributed by atoms with E-state index in [0.29, 0.717) is 19.4 Å². The van der Waals surface area contributed by atoms with E-state index in [0.717, 1.165) is 23.2 Å². The summed E-state index contributed by atoms with van der Waals surface area (Å²) in [5, 5.41) is 13.2. The molecule has 2 unspecified atom stereocenters. The molecule has 1 saturated heterocycles. The highest BCUT2D eigenvalue weighted by Gasteiger charge is 2.30. The summed E-state index contributed by atoms with van der Waals surface area (Å²) in [6.45, 7) is 4.82. The molecule has 0 aliphatic carbocycles. The molecule has 7 nitrogen and oxygen atoms in total. The van der Waals surface area contributed by atoms with Crippen LogP contribution in [-0.4, -0.2) is 45.1 Å². The van der Waals surface area contributed by atoms with Crippen LogP contribution in [0.5, 0.6) is 0 Å². The number of cyclic esters (lactones) is 1. The fourth-order valence-corrected chi connectivity index (χ4v) is 3.82. The zero-order valence-electron chi connectivity index (χ0n) is 20.1. The SMILES string of the molecule is CC(c1ccc(-c2ccc(=O)n(C)n2)cc1)N1CCC(CCCO)OC1=O.Cc1ccccc1. The van der Waals surface area contributed by atoms with Crippen molar-refractivity contribution in [3.63, 3.8) is 0 Å². The zero-order chi connectivity index (χ0) is 24.5. The van der Waals surface area contributed by atoms with Crippen LogP contribution in [0, 0.1) is 6.92 Å². The first kappa shape index (κ1) is 25.2. The molecule has 1 fully saturated rings. The Kier molecular flexibility index (Phi) is 8.99. The Morgan fingerprint density at radius 1 is 1.06 bits per heavy atom. The van der Waals surface area contributed by atoms with Gasteiger partial charge in [-0.05, 0) is 38.3 Å². The van der Waals surface area contributed by atoms with E-state index in [1.54, 1.807) is 18.0 Å². The number of aromatic nitrogens is 2. The zero-order valence-corrected chi connectivity index (χ0v) is 20.1. The number of benzene rings is 2. The van der Waals surface area contributed by atoms with Gasteiger partial charge in [-0.3, -0.25) is 4.79 Å². The smallest absolute Gasteiger partial charge is 0.410 e. The predicted octanol–water partition coefficient (Wildman–Crippen LogP) is 4.49. The van der Waals surface area contributed by atoms with Crippen LogP contribution < -0.4 is 5.56 Å². The number of amides is 1. The van der Waals surface area contributed by atoms with Gasteiger partial charge in [0.2, 0.25) is 0 Å². The summed E-state index contributed by atoms with van der Waals surface area (Å²) >= 11 is 0. The molecule has 7 heteroatoms. The molecule has 4 rings (SSSR count). The summed E-state index contributed by atoms with van der Waals surface area (Å²) in [7, 11) is 1.62. The lowest BCUT2D eigenvalue weighted by atomic mass is 10.0. The predicted molar refractivity (Wildman–Crippen MR) is 132 cm³/mol. The molecule has 2 aromatic carbocycles. The monoisotopic (exact) mass is 463 g/mol. The van der Waals surface area contributed by atoms with Gasteiger partial charge in [0.1, 0.15) is 6.10 Å². The summed E-state index contributed by atoms with van der Waals surface area (Å²) in [5.41, 5.74) is 3.81. The Labute approximate surface area is 200 Å². The summed E-state index contributed by atoms with van der Waals surface area (Å²) in [6, 6.07) is 21.2. The van der Waals surface area contributed by atoms with Crippen molar-refractivity contribution in [3.05, 3.63) is 88.2 Å². The maximum atomic E-state index is 12.3. The molecule has 2 atom stereocenters. The number of rotatable bonds is 6. The number of aliphatic hydroxyl groups is 1. The fourth-order valence-electron chi connectivity index (χ4n) is 3.82. The third-order valence-corrected chi connectivity index (χ3v) is 5.94. The van der Waals surface area contributed by atoms with E-state index < -0.39 is 0 Å². The largest absolute Gasteiger partial charge is 0.446 e. The van der Waals surface area contributed by atoms with Gasteiger partial charge in [-0.2, -0.15) is 5.10 Å². The highest BCUT2D eigenvalue weighted by molar-refractivity contribution is 5.69. The van der Waals surface area contributed by atoms with Crippen LogP contribution in [-0.2, 0) is 11.8 Å². The summed E-state index contributed by atoms with van der Waals surface area (Å²) in [4.78, 5) is 25.5. The number of ether oxygens (including phenoxy) is 1. The lowest BCUT2D eigenvalue weighted by Gasteiger charge is -2.35. The number of aryl methyl sites for hydroxylation is 2. The highest BCUT2D eigenvalue weighted by Crippen LogP contribution is 2.28. The molecule has 0 radical (unpaired) electrons. The van der Waals surface area contributed by atoms with Gasteiger partial charge in [-0.25, -0.2) is 9.48 Å². The quantitative estimate of drug-likeness (QED) is 0.582. The number of hydrogen-bond donors (Lipinski definition) is 1. The normalized spacial score (nSPS) is 16.3. The minimum absolute atomic E-state index is 0.0987. The van der Waals surface area contributed by atoms with Gasteiger partial charge < -0.3 is 14.7 Å². The van der Waals surface area contributed by atoms with Crippen molar-refractivity contribution in [3.8, 4) is 11.3 Å². The van der Waals surface area contributed by atoms with Crippen molar-refractivity contribution in [2.45, 2.75) is 45.3 Å². The van der Waals surface area contributed by atoms with Crippen molar-refractivity contribution >= 4 is 6.09 Å². The summed E-state index contributed by atoms with van der Waals surface area (Å²) in [5.74, 6) is 0. The van der Waals surface area contributed by atoms with E-state index >= 15 is 0 Å². The molecule has 3 aromatic rings. The van der Waals surface area contributed by atoms with Crippen molar-refractivity contribution in [1.82, 2.24) is 14.7 Å². The first-order valence-electron chi connectivity index (χ1n) is 11.6. The van der Waals surface area contributed by atoms with Crippen molar-refractivity contribution in [2.24, 2.45) is 7.05 Å². The minimum Gasteiger partial charge on any atom is -0.446 e. The Hall–Kier alpha value is -3.45. The van der Waals surface area contributed by atoms with E-state index in [1.165, 1.54) is 16.3 Å². The number of hydrogen-bond acceptors (Lipinski definition) is 5.